The van der Waals surface area contributed by atoms with Crippen LogP contribution in [-0.4, -0.2) is 66.2 Å². The molecule has 1 aliphatic heterocycles. The van der Waals surface area contributed by atoms with E-state index in [1.165, 1.54) is 25.1 Å². The number of aryl methyl sites for hydroxylation is 1. The number of rotatable bonds is 8. The lowest BCUT2D eigenvalue weighted by Crippen LogP contribution is -2.63. The molecule has 0 spiro atoms. The lowest BCUT2D eigenvalue weighted by atomic mass is 9.98. The van der Waals surface area contributed by atoms with Gasteiger partial charge in [0.2, 0.25) is 17.8 Å². The van der Waals surface area contributed by atoms with E-state index < -0.39 is 61.2 Å². The molecular formula is C33H31NO12. The molecule has 1 aliphatic rings. The lowest BCUT2D eigenvalue weighted by molar-refractivity contribution is -0.288. The Balaban J connectivity index is 1.51. The number of hydrogen-bond acceptors (Lipinski definition) is 13. The van der Waals surface area contributed by atoms with Crippen molar-refractivity contribution in [1.82, 2.24) is 4.98 Å². The predicted molar refractivity (Wildman–Crippen MR) is 161 cm³/mol. The van der Waals surface area contributed by atoms with E-state index in [4.69, 9.17) is 32.8 Å². The molecular weight excluding hydrogens is 602 g/mol. The molecule has 13 heteroatoms. The van der Waals surface area contributed by atoms with Gasteiger partial charge in [-0.25, -0.2) is 4.98 Å². The summed E-state index contributed by atoms with van der Waals surface area (Å²) in [5, 5.41) is 1.18. The number of carbonyl (C=O) groups excluding carboxylic acids is 4. The number of carbonyl (C=O) groups is 4. The normalized spacial score (nSPS) is 20.9. The fraction of sp³-hybridized carbons (Fsp3) is 0.333. The number of para-hydroxylation sites is 1. The molecule has 5 rings (SSSR count). The van der Waals surface area contributed by atoms with Gasteiger partial charge in [-0.15, -0.1) is 0 Å². The van der Waals surface area contributed by atoms with Crippen LogP contribution in [0.15, 0.2) is 63.8 Å². The van der Waals surface area contributed by atoms with Gasteiger partial charge in [0.1, 0.15) is 29.8 Å². The van der Waals surface area contributed by atoms with Crippen molar-refractivity contribution in [1.29, 1.82) is 0 Å². The summed E-state index contributed by atoms with van der Waals surface area (Å²) in [5.74, 6) is -2.48. The number of benzene rings is 2. The Labute approximate surface area is 262 Å². The van der Waals surface area contributed by atoms with Crippen LogP contribution in [0.3, 0.4) is 0 Å². The summed E-state index contributed by atoms with van der Waals surface area (Å²) in [7, 11) is 0. The molecule has 1 saturated heterocycles. The number of nitrogens with zero attached hydrogens (tertiary/aromatic N) is 1. The molecule has 0 aliphatic carbocycles. The number of ether oxygens (including phenoxy) is 6. The number of fused-ring (bicyclic) bond motifs is 2. The highest BCUT2D eigenvalue weighted by Crippen LogP contribution is 2.32. The largest absolute Gasteiger partial charge is 0.463 e. The smallest absolute Gasteiger partial charge is 0.303 e. The first-order valence-electron chi connectivity index (χ1n) is 14.3. The molecule has 0 saturated carbocycles. The molecule has 0 bridgehead atoms. The van der Waals surface area contributed by atoms with Gasteiger partial charge in [0, 0.05) is 39.1 Å². The summed E-state index contributed by atoms with van der Waals surface area (Å²) >= 11 is 0. The zero-order chi connectivity index (χ0) is 33.1. The Kier molecular flexibility index (Phi) is 9.33. The molecule has 0 amide bonds. The Bertz CT molecular complexity index is 1880. The van der Waals surface area contributed by atoms with E-state index in [0.717, 1.165) is 31.7 Å². The highest BCUT2D eigenvalue weighted by Gasteiger charge is 2.53. The molecule has 2 aromatic carbocycles. The quantitative estimate of drug-likeness (QED) is 0.203. The molecule has 2 aromatic heterocycles. The van der Waals surface area contributed by atoms with E-state index in [2.05, 4.69) is 4.98 Å². The Hall–Kier alpha value is -5.30. The number of hydrogen-bond donors (Lipinski definition) is 0. The highest BCUT2D eigenvalue weighted by atomic mass is 16.7. The average molecular weight is 634 g/mol. The van der Waals surface area contributed by atoms with Crippen molar-refractivity contribution >= 4 is 45.7 Å². The van der Waals surface area contributed by atoms with Crippen LogP contribution < -0.4 is 10.2 Å². The van der Waals surface area contributed by atoms with Gasteiger partial charge >= 0.3 is 23.9 Å². The lowest BCUT2D eigenvalue weighted by Gasteiger charge is -2.43. The topological polar surface area (TPSA) is 167 Å². The Morgan fingerprint density at radius 2 is 1.48 bits per heavy atom. The summed E-state index contributed by atoms with van der Waals surface area (Å²) < 4.78 is 39.5. The second-order valence-corrected chi connectivity index (χ2v) is 10.6. The van der Waals surface area contributed by atoms with Gasteiger partial charge in [-0.3, -0.25) is 24.0 Å². The minimum absolute atomic E-state index is 0.132. The van der Waals surface area contributed by atoms with Crippen LogP contribution in [0.2, 0.25) is 0 Å². The maximum atomic E-state index is 13.6. The van der Waals surface area contributed by atoms with Crippen molar-refractivity contribution in [2.75, 3.05) is 6.61 Å². The summed E-state index contributed by atoms with van der Waals surface area (Å²) in [6, 6.07) is 15.6. The van der Waals surface area contributed by atoms with E-state index in [0.29, 0.717) is 17.0 Å². The Morgan fingerprint density at radius 3 is 2.17 bits per heavy atom. The SMILES string of the molecule is CC(=O)OC[C@@H]1O[C@H](Oc2ccc3c(=O)c(-c4ccc5ccccc5n4)c(C)oc3c2)[C@H](OC(C)=O)[C@@H](OC(C)=O)[C@H]1OC(C)=O. The van der Waals surface area contributed by atoms with Crippen molar-refractivity contribution in [2.45, 2.75) is 65.3 Å². The van der Waals surface area contributed by atoms with Crippen molar-refractivity contribution in [2.24, 2.45) is 0 Å². The molecule has 0 radical (unpaired) electrons. The number of esters is 4. The molecule has 240 valence electrons. The van der Waals surface area contributed by atoms with Crippen molar-refractivity contribution in [3.05, 3.63) is 70.6 Å². The third-order valence-electron chi connectivity index (χ3n) is 7.09. The predicted octanol–water partition coefficient (Wildman–Crippen LogP) is 3.78. The number of pyridine rings is 1. The van der Waals surface area contributed by atoms with Crippen LogP contribution in [0.25, 0.3) is 33.1 Å². The maximum Gasteiger partial charge on any atom is 0.303 e. The maximum absolute atomic E-state index is 13.6. The van der Waals surface area contributed by atoms with Gasteiger partial charge in [-0.2, -0.15) is 0 Å². The number of aromatic nitrogens is 1. The van der Waals surface area contributed by atoms with Gasteiger partial charge in [0.25, 0.3) is 0 Å². The first kappa shape index (κ1) is 32.1. The van der Waals surface area contributed by atoms with Crippen LogP contribution in [0.1, 0.15) is 33.5 Å². The van der Waals surface area contributed by atoms with E-state index in [9.17, 15) is 24.0 Å². The first-order valence-corrected chi connectivity index (χ1v) is 14.3. The third kappa shape index (κ3) is 6.99. The van der Waals surface area contributed by atoms with E-state index in [-0.39, 0.29) is 22.1 Å². The monoisotopic (exact) mass is 633 g/mol. The van der Waals surface area contributed by atoms with Gasteiger partial charge in [-0.1, -0.05) is 24.3 Å². The fourth-order valence-electron chi connectivity index (χ4n) is 5.28. The Morgan fingerprint density at radius 1 is 0.804 bits per heavy atom. The van der Waals surface area contributed by atoms with Crippen LogP contribution in [0, 0.1) is 6.92 Å². The standard InChI is InChI=1S/C33H31NO12/c1-16-28(25-13-10-21-8-6-7-9-24(21)34-25)29(39)23-12-11-22(14-26(23)41-16)45-33-32(44-20(5)38)31(43-19(4)37)30(42-18(3)36)27(46-33)15-40-17(2)35/h6-14,27,30-33H,15H2,1-5H3/t27-,30-,31-,32+,33-/m0/s1. The zero-order valence-electron chi connectivity index (χ0n) is 25.6. The molecule has 4 aromatic rings. The second-order valence-electron chi connectivity index (χ2n) is 10.6. The fourth-order valence-corrected chi connectivity index (χ4v) is 5.28. The average Bonchev–Trinajstić information content (AvgIpc) is 2.98. The molecule has 0 N–H and O–H groups in total. The van der Waals surface area contributed by atoms with E-state index in [1.54, 1.807) is 13.0 Å². The van der Waals surface area contributed by atoms with Crippen LogP contribution in [0.5, 0.6) is 5.75 Å². The molecule has 0 unspecified atom stereocenters. The van der Waals surface area contributed by atoms with E-state index >= 15 is 0 Å². The minimum Gasteiger partial charge on any atom is -0.463 e. The van der Waals surface area contributed by atoms with Gasteiger partial charge in [-0.05, 0) is 31.2 Å². The summed E-state index contributed by atoms with van der Waals surface area (Å²) in [6.07, 6.45) is -6.80. The van der Waals surface area contributed by atoms with Crippen LogP contribution in [-0.2, 0) is 42.9 Å². The van der Waals surface area contributed by atoms with Gasteiger partial charge in [0.05, 0.1) is 22.2 Å². The van der Waals surface area contributed by atoms with Gasteiger partial charge in [0.15, 0.2) is 12.2 Å². The minimum atomic E-state index is -1.45. The molecule has 5 atom stereocenters. The molecule has 46 heavy (non-hydrogen) atoms. The summed E-state index contributed by atoms with van der Waals surface area (Å²) in [6.45, 7) is 5.80. The van der Waals surface area contributed by atoms with Crippen molar-refractivity contribution in [3.63, 3.8) is 0 Å². The van der Waals surface area contributed by atoms with Crippen LogP contribution >= 0.6 is 0 Å². The second kappa shape index (κ2) is 13.4. The first-order chi connectivity index (χ1) is 21.9. The summed E-state index contributed by atoms with van der Waals surface area (Å²) in [5.41, 5.74) is 1.39. The third-order valence-corrected chi connectivity index (χ3v) is 7.09. The van der Waals surface area contributed by atoms with Crippen molar-refractivity contribution < 1.29 is 52.0 Å². The van der Waals surface area contributed by atoms with Gasteiger partial charge < -0.3 is 32.8 Å². The summed E-state index contributed by atoms with van der Waals surface area (Å²) in [4.78, 5) is 66.1. The highest BCUT2D eigenvalue weighted by molar-refractivity contribution is 5.86. The van der Waals surface area contributed by atoms with Crippen molar-refractivity contribution in [3.8, 4) is 17.0 Å². The van der Waals surface area contributed by atoms with E-state index in [1.807, 2.05) is 30.3 Å². The molecule has 1 fully saturated rings. The van der Waals surface area contributed by atoms with Crippen LogP contribution in [0.4, 0.5) is 0 Å². The zero-order valence-corrected chi connectivity index (χ0v) is 25.6. The molecule has 13 nitrogen and oxygen atoms in total. The molecule has 3 heterocycles.